The number of rotatable bonds is 27. The van der Waals surface area contributed by atoms with Gasteiger partial charge in [-0.15, -0.1) is 0 Å². The molecule has 0 bridgehead atoms. The van der Waals surface area contributed by atoms with Gasteiger partial charge in [0, 0.05) is 19.5 Å². The van der Waals surface area contributed by atoms with Gasteiger partial charge < -0.3 is 47.5 Å². The zero-order chi connectivity index (χ0) is 31.8. The summed E-state index contributed by atoms with van der Waals surface area (Å²) in [7, 11) is 1.71. The molecule has 0 heterocycles. The zero-order valence-electron chi connectivity index (χ0n) is 26.5. The first-order valence-corrected chi connectivity index (χ1v) is 15.5. The summed E-state index contributed by atoms with van der Waals surface area (Å²) in [6.07, 6.45) is 1.03. The number of hydrogen-bond acceptors (Lipinski definition) is 10. The van der Waals surface area contributed by atoms with Crippen molar-refractivity contribution < 1.29 is 47.4 Å². The molecule has 45 heavy (non-hydrogen) atoms. The van der Waals surface area contributed by atoms with E-state index < -0.39 is 0 Å². The fraction of sp³-hybridized carbons (Fsp3) is 0.559. The molecular weight excluding hydrogens is 582 g/mol. The van der Waals surface area contributed by atoms with Gasteiger partial charge in [0.2, 0.25) is 0 Å². The number of ether oxygens (including phenoxy) is 9. The third-order valence-electron chi connectivity index (χ3n) is 6.91. The number of likely N-dealkylation sites (N-methyl/N-ethyl adjacent to an activating group) is 1. The van der Waals surface area contributed by atoms with Gasteiger partial charge in [0.05, 0.1) is 98.8 Å². The van der Waals surface area contributed by atoms with Gasteiger partial charge in [0.15, 0.2) is 0 Å². The number of carbonyl (C=O) groups excluding carboxylic acids is 1. The molecule has 0 saturated heterocycles. The van der Waals surface area contributed by atoms with E-state index in [0.717, 1.165) is 0 Å². The molecule has 1 aliphatic carbocycles. The average Bonchev–Trinajstić information content (AvgIpc) is 3.39. The van der Waals surface area contributed by atoms with Gasteiger partial charge in [-0.25, -0.2) is 4.79 Å². The van der Waals surface area contributed by atoms with Gasteiger partial charge >= 0.3 is 6.09 Å². The van der Waals surface area contributed by atoms with E-state index in [0.29, 0.717) is 112 Å². The van der Waals surface area contributed by atoms with Crippen LogP contribution in [0.15, 0.2) is 61.4 Å². The van der Waals surface area contributed by atoms with Crippen LogP contribution in [0.4, 0.5) is 4.79 Å². The topological polar surface area (TPSA) is 103 Å². The second-order valence-corrected chi connectivity index (χ2v) is 10.0. The van der Waals surface area contributed by atoms with Crippen molar-refractivity contribution in [3.05, 3.63) is 72.5 Å². The Bertz CT molecular complexity index is 1040. The Kier molecular flexibility index (Phi) is 18.9. The third-order valence-corrected chi connectivity index (χ3v) is 6.91. The molecule has 2 aromatic rings. The zero-order valence-corrected chi connectivity index (χ0v) is 26.5. The molecule has 0 spiro atoms. The van der Waals surface area contributed by atoms with Crippen LogP contribution in [0, 0.1) is 0 Å². The summed E-state index contributed by atoms with van der Waals surface area (Å²) >= 11 is 0. The first-order valence-electron chi connectivity index (χ1n) is 15.5. The maximum Gasteiger partial charge on any atom is 0.409 e. The summed E-state index contributed by atoms with van der Waals surface area (Å²) in [6.45, 7) is 11.5. The van der Waals surface area contributed by atoms with E-state index in [2.05, 4.69) is 30.8 Å². The SMILES string of the molecule is C=COCCOCCOCCOCCOCCOCCOCCOCCN(C)C(=O)OCC1c2ccccc2-c2ccccc21. The molecule has 11 nitrogen and oxygen atoms in total. The van der Waals surface area contributed by atoms with Crippen molar-refractivity contribution in [3.8, 4) is 11.1 Å². The molecule has 0 fully saturated rings. The molecular formula is C34H49NO10. The summed E-state index contributed by atoms with van der Waals surface area (Å²) in [5, 5.41) is 0. The van der Waals surface area contributed by atoms with Crippen molar-refractivity contribution in [2.24, 2.45) is 0 Å². The molecule has 0 aliphatic heterocycles. The summed E-state index contributed by atoms with van der Waals surface area (Å²) < 4.78 is 48.9. The van der Waals surface area contributed by atoms with Crippen LogP contribution in [0.25, 0.3) is 11.1 Å². The van der Waals surface area contributed by atoms with Crippen molar-refractivity contribution >= 4 is 6.09 Å². The minimum atomic E-state index is -0.361. The normalized spacial score (nSPS) is 12.1. The standard InChI is InChI=1S/C34H49NO10/c1-3-37-14-15-39-18-19-41-22-23-43-26-27-44-25-24-42-21-20-40-17-16-38-13-12-35(2)34(36)45-28-33-31-10-6-4-8-29(31)30-9-5-7-11-32(30)33/h3-11,33H,1,12-28H2,2H3. The smallest absolute Gasteiger partial charge is 0.409 e. The monoisotopic (exact) mass is 631 g/mol. The van der Waals surface area contributed by atoms with Gasteiger partial charge in [-0.3, -0.25) is 0 Å². The molecule has 250 valence electrons. The largest absolute Gasteiger partial charge is 0.499 e. The summed E-state index contributed by atoms with van der Waals surface area (Å²) in [6, 6.07) is 16.6. The maximum absolute atomic E-state index is 12.6. The highest BCUT2D eigenvalue weighted by Gasteiger charge is 2.29. The molecule has 1 amide bonds. The van der Waals surface area contributed by atoms with E-state index in [1.807, 2.05) is 24.3 Å². The van der Waals surface area contributed by atoms with E-state index in [4.69, 9.17) is 42.6 Å². The van der Waals surface area contributed by atoms with Crippen molar-refractivity contribution in [1.82, 2.24) is 4.90 Å². The maximum atomic E-state index is 12.6. The Hall–Kier alpha value is -3.03. The van der Waals surface area contributed by atoms with Crippen LogP contribution < -0.4 is 0 Å². The Morgan fingerprint density at radius 3 is 1.42 bits per heavy atom. The van der Waals surface area contributed by atoms with Crippen LogP contribution in [-0.4, -0.2) is 130 Å². The highest BCUT2D eigenvalue weighted by atomic mass is 16.6. The van der Waals surface area contributed by atoms with E-state index in [-0.39, 0.29) is 12.0 Å². The van der Waals surface area contributed by atoms with Gasteiger partial charge in [0.1, 0.15) is 13.2 Å². The minimum absolute atomic E-state index is 0.0433. The number of carbonyl (C=O) groups is 1. The first-order chi connectivity index (χ1) is 22.2. The number of benzene rings is 2. The van der Waals surface area contributed by atoms with E-state index in [9.17, 15) is 4.79 Å². The molecule has 0 N–H and O–H groups in total. The minimum Gasteiger partial charge on any atom is -0.499 e. The number of hydrogen-bond donors (Lipinski definition) is 0. The van der Waals surface area contributed by atoms with Gasteiger partial charge in [-0.1, -0.05) is 55.1 Å². The van der Waals surface area contributed by atoms with E-state index in [1.165, 1.54) is 33.4 Å². The number of fused-ring (bicyclic) bond motifs is 3. The average molecular weight is 632 g/mol. The van der Waals surface area contributed by atoms with Gasteiger partial charge in [-0.05, 0) is 22.3 Å². The van der Waals surface area contributed by atoms with Crippen LogP contribution in [0.1, 0.15) is 17.0 Å². The summed E-state index contributed by atoms with van der Waals surface area (Å²) in [5.74, 6) is 0.0433. The molecule has 0 radical (unpaired) electrons. The first kappa shape index (κ1) is 36.4. The molecule has 0 unspecified atom stereocenters. The Morgan fingerprint density at radius 1 is 0.622 bits per heavy atom. The molecule has 0 aromatic heterocycles. The molecule has 0 atom stereocenters. The van der Waals surface area contributed by atoms with Crippen LogP contribution in [0.3, 0.4) is 0 Å². The predicted molar refractivity (Wildman–Crippen MR) is 170 cm³/mol. The summed E-state index contributed by atoms with van der Waals surface area (Å²) in [4.78, 5) is 14.1. The number of amides is 1. The molecule has 2 aromatic carbocycles. The van der Waals surface area contributed by atoms with E-state index >= 15 is 0 Å². The van der Waals surface area contributed by atoms with Crippen LogP contribution in [0.5, 0.6) is 0 Å². The van der Waals surface area contributed by atoms with Crippen molar-refractivity contribution in [1.29, 1.82) is 0 Å². The molecule has 0 saturated carbocycles. The third kappa shape index (κ3) is 14.3. The highest BCUT2D eigenvalue weighted by Crippen LogP contribution is 2.44. The predicted octanol–water partition coefficient (Wildman–Crippen LogP) is 4.14. The second kappa shape index (κ2) is 23.3. The summed E-state index contributed by atoms with van der Waals surface area (Å²) in [5.41, 5.74) is 4.81. The van der Waals surface area contributed by atoms with Gasteiger partial charge in [-0.2, -0.15) is 0 Å². The second-order valence-electron chi connectivity index (χ2n) is 10.0. The molecule has 11 heteroatoms. The van der Waals surface area contributed by atoms with Crippen molar-refractivity contribution in [2.45, 2.75) is 5.92 Å². The lowest BCUT2D eigenvalue weighted by Gasteiger charge is -2.19. The Balaban J connectivity index is 1.05. The highest BCUT2D eigenvalue weighted by molar-refractivity contribution is 5.79. The molecule has 3 rings (SSSR count). The van der Waals surface area contributed by atoms with E-state index in [1.54, 1.807) is 7.05 Å². The number of nitrogens with zero attached hydrogens (tertiary/aromatic N) is 1. The van der Waals surface area contributed by atoms with Crippen LogP contribution in [0.2, 0.25) is 0 Å². The fourth-order valence-corrected chi connectivity index (χ4v) is 4.61. The lowest BCUT2D eigenvalue weighted by molar-refractivity contribution is -0.0219. The van der Waals surface area contributed by atoms with Crippen LogP contribution in [-0.2, 0) is 42.6 Å². The van der Waals surface area contributed by atoms with Gasteiger partial charge in [0.25, 0.3) is 0 Å². The quantitative estimate of drug-likeness (QED) is 0.106. The Labute approximate surface area is 267 Å². The van der Waals surface area contributed by atoms with Crippen molar-refractivity contribution in [2.75, 3.05) is 119 Å². The lowest BCUT2D eigenvalue weighted by atomic mass is 9.98. The van der Waals surface area contributed by atoms with Crippen LogP contribution >= 0.6 is 0 Å². The Morgan fingerprint density at radius 2 is 1.00 bits per heavy atom. The fourth-order valence-electron chi connectivity index (χ4n) is 4.61. The van der Waals surface area contributed by atoms with Crippen molar-refractivity contribution in [3.63, 3.8) is 0 Å². The molecule has 1 aliphatic rings. The lowest BCUT2D eigenvalue weighted by Crippen LogP contribution is -2.32.